The molecule has 0 fully saturated rings. The van der Waals surface area contributed by atoms with Crippen LogP contribution in [0.25, 0.3) is 5.65 Å². The molecule has 3 rings (SSSR count). The fraction of sp³-hybridized carbons (Fsp3) is 0.286. The number of nitrogens with zero attached hydrogens (tertiary/aromatic N) is 4. The Hall–Kier alpha value is -1.59. The van der Waals surface area contributed by atoms with Crippen LogP contribution in [-0.4, -0.2) is 21.4 Å². The lowest BCUT2D eigenvalue weighted by Gasteiger charge is -2.16. The van der Waals surface area contributed by atoms with Crippen molar-refractivity contribution < 1.29 is 0 Å². The summed E-state index contributed by atoms with van der Waals surface area (Å²) in [5.74, 6) is 1.35. The molecular weight excluding hydrogens is 292 g/mol. The van der Waals surface area contributed by atoms with Gasteiger partial charge in [-0.1, -0.05) is 6.07 Å². The summed E-state index contributed by atoms with van der Waals surface area (Å²) in [6.45, 7) is 2.75. The largest absolute Gasteiger partial charge is 0.352 e. The van der Waals surface area contributed by atoms with Crippen molar-refractivity contribution in [2.45, 2.75) is 19.3 Å². The zero-order valence-corrected chi connectivity index (χ0v) is 12.9. The van der Waals surface area contributed by atoms with Gasteiger partial charge in [-0.15, -0.1) is 22.9 Å². The number of hydrogen-bond acceptors (Lipinski definition) is 4. The van der Waals surface area contributed by atoms with Gasteiger partial charge < -0.3 is 9.30 Å². The first-order valence-electron chi connectivity index (χ1n) is 6.33. The average Bonchev–Trinajstić information content (AvgIpc) is 3.01. The Morgan fingerprint density at radius 1 is 1.35 bits per heavy atom. The minimum absolute atomic E-state index is 0.431. The van der Waals surface area contributed by atoms with E-state index in [0.29, 0.717) is 5.88 Å². The highest BCUT2D eigenvalue weighted by atomic mass is 35.5. The topological polar surface area (TPSA) is 33.4 Å². The van der Waals surface area contributed by atoms with Crippen molar-refractivity contribution in [2.75, 3.05) is 11.9 Å². The molecule has 0 N–H and O–H groups in total. The summed E-state index contributed by atoms with van der Waals surface area (Å²) in [4.78, 5) is 11.3. The summed E-state index contributed by atoms with van der Waals surface area (Å²) in [5, 5.41) is 3.17. The number of hydrogen-bond donors (Lipinski definition) is 0. The number of pyridine rings is 1. The molecule has 0 saturated carbocycles. The molecule has 104 valence electrons. The van der Waals surface area contributed by atoms with E-state index in [4.69, 9.17) is 11.6 Å². The standard InChI is InChI=1S/C14H15ClN4S/c1-10-16-11(9-20-10)8-18(2)14-12(7-15)19-6-4-3-5-13(19)17-14/h3-6,9H,7-8H2,1-2H3. The maximum atomic E-state index is 6.10. The van der Waals surface area contributed by atoms with Crippen LogP contribution < -0.4 is 4.90 Å². The van der Waals surface area contributed by atoms with Crippen LogP contribution in [0.3, 0.4) is 0 Å². The number of imidazole rings is 1. The zero-order valence-electron chi connectivity index (χ0n) is 11.4. The van der Waals surface area contributed by atoms with Gasteiger partial charge in [0.05, 0.1) is 28.8 Å². The van der Waals surface area contributed by atoms with Crippen molar-refractivity contribution in [3.05, 3.63) is 46.2 Å². The molecule has 3 aromatic heterocycles. The normalized spacial score (nSPS) is 11.2. The van der Waals surface area contributed by atoms with E-state index in [2.05, 4.69) is 20.2 Å². The number of halogens is 1. The molecule has 0 aliphatic carbocycles. The smallest absolute Gasteiger partial charge is 0.152 e. The highest BCUT2D eigenvalue weighted by Gasteiger charge is 2.15. The lowest BCUT2D eigenvalue weighted by Crippen LogP contribution is -2.18. The number of alkyl halides is 1. The molecule has 0 bridgehead atoms. The molecule has 0 amide bonds. The minimum atomic E-state index is 0.431. The van der Waals surface area contributed by atoms with E-state index in [-0.39, 0.29) is 0 Å². The zero-order chi connectivity index (χ0) is 14.1. The lowest BCUT2D eigenvalue weighted by atomic mass is 10.4. The predicted molar refractivity (Wildman–Crippen MR) is 83.7 cm³/mol. The van der Waals surface area contributed by atoms with Crippen molar-refractivity contribution in [2.24, 2.45) is 0 Å². The highest BCUT2D eigenvalue weighted by Crippen LogP contribution is 2.24. The first-order chi connectivity index (χ1) is 9.69. The number of thiazole rings is 1. The Bertz CT molecular complexity index is 734. The second-order valence-electron chi connectivity index (χ2n) is 4.66. The van der Waals surface area contributed by atoms with Crippen molar-refractivity contribution in [3.63, 3.8) is 0 Å². The molecule has 0 radical (unpaired) electrons. The maximum Gasteiger partial charge on any atom is 0.152 e. The minimum Gasteiger partial charge on any atom is -0.352 e. The van der Waals surface area contributed by atoms with Crippen LogP contribution in [0.5, 0.6) is 0 Å². The second kappa shape index (κ2) is 5.42. The molecule has 20 heavy (non-hydrogen) atoms. The van der Waals surface area contributed by atoms with Crippen molar-refractivity contribution in [1.29, 1.82) is 0 Å². The van der Waals surface area contributed by atoms with Crippen LogP contribution in [0, 0.1) is 6.92 Å². The van der Waals surface area contributed by atoms with Crippen LogP contribution in [-0.2, 0) is 12.4 Å². The number of rotatable bonds is 4. The van der Waals surface area contributed by atoms with E-state index in [1.165, 1.54) is 0 Å². The summed E-state index contributed by atoms with van der Waals surface area (Å²) in [5.41, 5.74) is 2.99. The molecule has 4 nitrogen and oxygen atoms in total. The Morgan fingerprint density at radius 2 is 2.20 bits per heavy atom. The third kappa shape index (κ3) is 2.39. The van der Waals surface area contributed by atoms with E-state index in [9.17, 15) is 0 Å². The molecular formula is C14H15ClN4S. The van der Waals surface area contributed by atoms with Gasteiger partial charge in [0.15, 0.2) is 5.82 Å². The molecule has 0 spiro atoms. The fourth-order valence-corrected chi connectivity index (χ4v) is 3.11. The van der Waals surface area contributed by atoms with Gasteiger partial charge in [-0.2, -0.15) is 0 Å². The molecule has 0 unspecified atom stereocenters. The first-order valence-corrected chi connectivity index (χ1v) is 7.74. The van der Waals surface area contributed by atoms with Gasteiger partial charge in [0, 0.05) is 18.6 Å². The third-order valence-electron chi connectivity index (χ3n) is 3.16. The summed E-state index contributed by atoms with van der Waals surface area (Å²) in [7, 11) is 2.02. The van der Waals surface area contributed by atoms with Gasteiger partial charge in [-0.05, 0) is 19.1 Å². The summed E-state index contributed by atoms with van der Waals surface area (Å²) >= 11 is 7.77. The fourth-order valence-electron chi connectivity index (χ4n) is 2.26. The number of aromatic nitrogens is 3. The molecule has 0 aromatic carbocycles. The lowest BCUT2D eigenvalue weighted by molar-refractivity contribution is 0.868. The van der Waals surface area contributed by atoms with E-state index in [0.717, 1.165) is 34.4 Å². The van der Waals surface area contributed by atoms with Crippen molar-refractivity contribution in [1.82, 2.24) is 14.4 Å². The number of aryl methyl sites for hydroxylation is 1. The van der Waals surface area contributed by atoms with Crippen LogP contribution >= 0.6 is 22.9 Å². The molecule has 3 heterocycles. The predicted octanol–water partition coefficient (Wildman–Crippen LogP) is 3.47. The van der Waals surface area contributed by atoms with Crippen LogP contribution in [0.15, 0.2) is 29.8 Å². The monoisotopic (exact) mass is 306 g/mol. The number of fused-ring (bicyclic) bond motifs is 1. The Morgan fingerprint density at radius 3 is 2.90 bits per heavy atom. The molecule has 0 saturated heterocycles. The SMILES string of the molecule is Cc1nc(CN(C)c2nc3ccccn3c2CCl)cs1. The summed E-state index contributed by atoms with van der Waals surface area (Å²) < 4.78 is 2.03. The van der Waals surface area contributed by atoms with E-state index in [1.807, 2.05) is 42.8 Å². The van der Waals surface area contributed by atoms with Crippen LogP contribution in [0.2, 0.25) is 0 Å². The average molecular weight is 307 g/mol. The third-order valence-corrected chi connectivity index (χ3v) is 4.24. The van der Waals surface area contributed by atoms with Gasteiger partial charge in [0.25, 0.3) is 0 Å². The molecule has 0 aliphatic heterocycles. The van der Waals surface area contributed by atoms with Gasteiger partial charge in [0.2, 0.25) is 0 Å². The summed E-state index contributed by atoms with van der Waals surface area (Å²) in [6, 6.07) is 5.95. The Balaban J connectivity index is 1.96. The van der Waals surface area contributed by atoms with Gasteiger partial charge in [-0.25, -0.2) is 9.97 Å². The second-order valence-corrected chi connectivity index (χ2v) is 5.99. The quantitative estimate of drug-likeness (QED) is 0.692. The Labute approximate surface area is 126 Å². The van der Waals surface area contributed by atoms with Crippen LogP contribution in [0.4, 0.5) is 5.82 Å². The highest BCUT2D eigenvalue weighted by molar-refractivity contribution is 7.09. The van der Waals surface area contributed by atoms with E-state index < -0.39 is 0 Å². The molecule has 6 heteroatoms. The number of anilines is 1. The molecule has 0 atom stereocenters. The van der Waals surface area contributed by atoms with Gasteiger partial charge in [-0.3, -0.25) is 0 Å². The molecule has 3 aromatic rings. The summed E-state index contributed by atoms with van der Waals surface area (Å²) in [6.07, 6.45) is 1.99. The van der Waals surface area contributed by atoms with Gasteiger partial charge >= 0.3 is 0 Å². The maximum absolute atomic E-state index is 6.10. The first kappa shape index (κ1) is 13.4. The van der Waals surface area contributed by atoms with Crippen molar-refractivity contribution in [3.8, 4) is 0 Å². The van der Waals surface area contributed by atoms with Crippen LogP contribution in [0.1, 0.15) is 16.4 Å². The van der Waals surface area contributed by atoms with Gasteiger partial charge in [0.1, 0.15) is 5.65 Å². The van der Waals surface area contributed by atoms with Crippen molar-refractivity contribution >= 4 is 34.4 Å². The van der Waals surface area contributed by atoms with E-state index in [1.54, 1.807) is 11.3 Å². The van der Waals surface area contributed by atoms with E-state index >= 15 is 0 Å². The molecule has 0 aliphatic rings. The Kier molecular flexibility index (Phi) is 3.63.